The van der Waals surface area contributed by atoms with Gasteiger partial charge in [0.25, 0.3) is 0 Å². The van der Waals surface area contributed by atoms with E-state index in [1.807, 2.05) is 18.7 Å². The fourth-order valence-corrected chi connectivity index (χ4v) is 2.49. The maximum absolute atomic E-state index is 12.2. The second-order valence-electron chi connectivity index (χ2n) is 5.37. The molecule has 1 N–H and O–H groups in total. The molecule has 0 radical (unpaired) electrons. The smallest absolute Gasteiger partial charge is 0.239 e. The van der Waals surface area contributed by atoms with Gasteiger partial charge in [-0.25, -0.2) is 0 Å². The van der Waals surface area contributed by atoms with Crippen LogP contribution in [0, 0.1) is 0 Å². The van der Waals surface area contributed by atoms with Crippen LogP contribution in [0.5, 0.6) is 0 Å². The van der Waals surface area contributed by atoms with E-state index < -0.39 is 0 Å². The molecule has 2 fully saturated rings. The van der Waals surface area contributed by atoms with E-state index in [4.69, 9.17) is 4.74 Å². The topological polar surface area (TPSA) is 41.6 Å². The summed E-state index contributed by atoms with van der Waals surface area (Å²) in [5.41, 5.74) is -0.192. The molecule has 2 rings (SSSR count). The molecular formula is C12H23ClN2O2. The van der Waals surface area contributed by atoms with Gasteiger partial charge in [0.1, 0.15) is 0 Å². The average molecular weight is 263 g/mol. The summed E-state index contributed by atoms with van der Waals surface area (Å²) in [6.45, 7) is 7.17. The predicted molar refractivity (Wildman–Crippen MR) is 69.5 cm³/mol. The highest BCUT2D eigenvalue weighted by atomic mass is 35.5. The number of carbonyl (C=O) groups is 1. The normalized spacial score (nSPS) is 28.4. The van der Waals surface area contributed by atoms with Crippen LogP contribution in [0.1, 0.15) is 33.1 Å². The minimum Gasteiger partial charge on any atom is -0.372 e. The molecule has 1 atom stereocenters. The average Bonchev–Trinajstić information content (AvgIpc) is 2.28. The van der Waals surface area contributed by atoms with Crippen molar-refractivity contribution in [2.45, 2.75) is 44.8 Å². The highest BCUT2D eigenvalue weighted by Gasteiger charge is 2.33. The van der Waals surface area contributed by atoms with Crippen LogP contribution in [0.2, 0.25) is 0 Å². The first kappa shape index (κ1) is 14.7. The zero-order chi connectivity index (χ0) is 11.6. The number of hydrogen-bond donors (Lipinski definition) is 1. The van der Waals surface area contributed by atoms with Crippen LogP contribution in [0.4, 0.5) is 0 Å². The van der Waals surface area contributed by atoms with Crippen molar-refractivity contribution in [3.05, 3.63) is 0 Å². The summed E-state index contributed by atoms with van der Waals surface area (Å²) in [4.78, 5) is 14.2. The van der Waals surface area contributed by atoms with Crippen LogP contribution in [0.3, 0.4) is 0 Å². The third kappa shape index (κ3) is 3.83. The Morgan fingerprint density at radius 1 is 1.41 bits per heavy atom. The Bertz CT molecular complexity index is 265. The largest absolute Gasteiger partial charge is 0.372 e. The Hall–Kier alpha value is -0.320. The van der Waals surface area contributed by atoms with Crippen LogP contribution in [-0.4, -0.2) is 48.7 Å². The standard InChI is InChI=1S/C12H22N2O2.ClH/c1-12(2)9-14(7-8-16-12)11(15)10-5-3-4-6-13-10;/h10,13H,3-9H2,1-2H3;1H. The maximum atomic E-state index is 12.2. The summed E-state index contributed by atoms with van der Waals surface area (Å²) in [5.74, 6) is 0.260. The Morgan fingerprint density at radius 3 is 2.76 bits per heavy atom. The number of nitrogens with one attached hydrogen (secondary N) is 1. The van der Waals surface area contributed by atoms with E-state index in [-0.39, 0.29) is 30.0 Å². The van der Waals surface area contributed by atoms with E-state index in [1.165, 1.54) is 6.42 Å². The molecule has 0 aromatic carbocycles. The van der Waals surface area contributed by atoms with Crippen molar-refractivity contribution in [3.63, 3.8) is 0 Å². The second-order valence-corrected chi connectivity index (χ2v) is 5.37. The van der Waals surface area contributed by atoms with Gasteiger partial charge < -0.3 is 15.0 Å². The van der Waals surface area contributed by atoms with Crippen molar-refractivity contribution in [1.29, 1.82) is 0 Å². The minimum atomic E-state index is -0.192. The second kappa shape index (κ2) is 6.03. The van der Waals surface area contributed by atoms with E-state index in [1.54, 1.807) is 0 Å². The maximum Gasteiger partial charge on any atom is 0.239 e. The first-order valence-electron chi connectivity index (χ1n) is 6.25. The lowest BCUT2D eigenvalue weighted by Crippen LogP contribution is -2.56. The number of carbonyl (C=O) groups excluding carboxylic acids is 1. The Kier molecular flexibility index (Phi) is 5.22. The van der Waals surface area contributed by atoms with Gasteiger partial charge in [0.05, 0.1) is 18.2 Å². The molecule has 0 saturated carbocycles. The number of ether oxygens (including phenoxy) is 1. The number of morpholine rings is 1. The van der Waals surface area contributed by atoms with Crippen LogP contribution in [0.25, 0.3) is 0 Å². The lowest BCUT2D eigenvalue weighted by molar-refractivity contribution is -0.148. The number of rotatable bonds is 1. The van der Waals surface area contributed by atoms with Gasteiger partial charge in [0.15, 0.2) is 0 Å². The van der Waals surface area contributed by atoms with Crippen LogP contribution < -0.4 is 5.32 Å². The van der Waals surface area contributed by atoms with Crippen molar-refractivity contribution >= 4 is 18.3 Å². The monoisotopic (exact) mass is 262 g/mol. The van der Waals surface area contributed by atoms with E-state index >= 15 is 0 Å². The van der Waals surface area contributed by atoms with E-state index in [2.05, 4.69) is 5.32 Å². The van der Waals surface area contributed by atoms with Crippen molar-refractivity contribution in [2.24, 2.45) is 0 Å². The molecule has 2 aliphatic rings. The quantitative estimate of drug-likeness (QED) is 0.772. The molecule has 2 aliphatic heterocycles. The zero-order valence-electron chi connectivity index (χ0n) is 10.7. The van der Waals surface area contributed by atoms with Gasteiger partial charge in [-0.2, -0.15) is 0 Å². The van der Waals surface area contributed by atoms with Gasteiger partial charge in [-0.15, -0.1) is 12.4 Å². The van der Waals surface area contributed by atoms with Crippen molar-refractivity contribution < 1.29 is 9.53 Å². The molecular weight excluding hydrogens is 240 g/mol. The number of amides is 1. The summed E-state index contributed by atoms with van der Waals surface area (Å²) in [5, 5.41) is 3.31. The van der Waals surface area contributed by atoms with Crippen molar-refractivity contribution in [3.8, 4) is 0 Å². The molecule has 0 aromatic rings. The summed E-state index contributed by atoms with van der Waals surface area (Å²) >= 11 is 0. The molecule has 4 nitrogen and oxygen atoms in total. The van der Waals surface area contributed by atoms with Gasteiger partial charge in [-0.3, -0.25) is 4.79 Å². The summed E-state index contributed by atoms with van der Waals surface area (Å²) in [7, 11) is 0. The summed E-state index contributed by atoms with van der Waals surface area (Å²) < 4.78 is 5.62. The molecule has 2 saturated heterocycles. The lowest BCUT2D eigenvalue weighted by atomic mass is 10.0. The molecule has 2 heterocycles. The Balaban J connectivity index is 0.00000144. The van der Waals surface area contributed by atoms with Crippen LogP contribution >= 0.6 is 12.4 Å². The summed E-state index contributed by atoms with van der Waals surface area (Å²) in [6, 6.07) is 0.0441. The minimum absolute atomic E-state index is 0. The number of nitrogens with zero attached hydrogens (tertiary/aromatic N) is 1. The molecule has 0 spiro atoms. The zero-order valence-corrected chi connectivity index (χ0v) is 11.5. The first-order chi connectivity index (χ1) is 7.58. The fraction of sp³-hybridized carbons (Fsp3) is 0.917. The SMILES string of the molecule is CC1(C)CN(C(=O)C2CCCCN2)CCO1.Cl. The van der Waals surface area contributed by atoms with Gasteiger partial charge in [-0.1, -0.05) is 6.42 Å². The number of hydrogen-bond acceptors (Lipinski definition) is 3. The fourth-order valence-electron chi connectivity index (χ4n) is 2.49. The highest BCUT2D eigenvalue weighted by molar-refractivity contribution is 5.85. The van der Waals surface area contributed by atoms with E-state index in [0.29, 0.717) is 13.2 Å². The molecule has 5 heteroatoms. The van der Waals surface area contributed by atoms with Gasteiger partial charge in [-0.05, 0) is 33.2 Å². The van der Waals surface area contributed by atoms with E-state index in [9.17, 15) is 4.79 Å². The van der Waals surface area contributed by atoms with Gasteiger partial charge >= 0.3 is 0 Å². The predicted octanol–water partition coefficient (Wildman–Crippen LogP) is 1.19. The molecule has 17 heavy (non-hydrogen) atoms. The molecule has 0 bridgehead atoms. The third-order valence-electron chi connectivity index (χ3n) is 3.35. The summed E-state index contributed by atoms with van der Waals surface area (Å²) in [6.07, 6.45) is 3.34. The van der Waals surface area contributed by atoms with Crippen molar-refractivity contribution in [2.75, 3.05) is 26.2 Å². The Morgan fingerprint density at radius 2 is 2.18 bits per heavy atom. The highest BCUT2D eigenvalue weighted by Crippen LogP contribution is 2.18. The number of halogens is 1. The van der Waals surface area contributed by atoms with Crippen molar-refractivity contribution in [1.82, 2.24) is 10.2 Å². The lowest BCUT2D eigenvalue weighted by Gasteiger charge is -2.40. The third-order valence-corrected chi connectivity index (χ3v) is 3.35. The Labute approximate surface area is 109 Å². The molecule has 1 unspecified atom stereocenters. The molecule has 1 amide bonds. The molecule has 0 aliphatic carbocycles. The van der Waals surface area contributed by atoms with Crippen LogP contribution in [-0.2, 0) is 9.53 Å². The van der Waals surface area contributed by atoms with Gasteiger partial charge in [0, 0.05) is 13.1 Å². The van der Waals surface area contributed by atoms with E-state index in [0.717, 1.165) is 25.9 Å². The van der Waals surface area contributed by atoms with Crippen LogP contribution in [0.15, 0.2) is 0 Å². The number of piperidine rings is 1. The molecule has 0 aromatic heterocycles. The molecule has 100 valence electrons. The first-order valence-corrected chi connectivity index (χ1v) is 6.25. The van der Waals surface area contributed by atoms with Gasteiger partial charge in [0.2, 0.25) is 5.91 Å².